The average molecular weight is 372 g/mol. The number of sulfonamides is 1. The Morgan fingerprint density at radius 2 is 1.68 bits per heavy atom. The van der Waals surface area contributed by atoms with E-state index in [2.05, 4.69) is 5.32 Å². The Hall–Kier alpha value is -2.55. The average Bonchev–Trinajstić information content (AvgIpc) is 2.51. The van der Waals surface area contributed by atoms with Gasteiger partial charge in [-0.2, -0.15) is 0 Å². The van der Waals surface area contributed by atoms with Crippen LogP contribution in [0, 0.1) is 17.5 Å². The van der Waals surface area contributed by atoms with E-state index in [1.165, 1.54) is 25.1 Å². The molecule has 134 valence electrons. The van der Waals surface area contributed by atoms with E-state index in [1.54, 1.807) is 0 Å². The molecule has 0 aromatic heterocycles. The third kappa shape index (κ3) is 4.30. The predicted molar refractivity (Wildman–Crippen MR) is 88.2 cm³/mol. The molecule has 1 amide bonds. The van der Waals surface area contributed by atoms with Crippen molar-refractivity contribution in [2.45, 2.75) is 13.0 Å². The number of rotatable bonds is 5. The van der Waals surface area contributed by atoms with Crippen LogP contribution in [0.25, 0.3) is 0 Å². The second-order valence-electron chi connectivity index (χ2n) is 5.30. The highest BCUT2D eigenvalue weighted by atomic mass is 32.2. The van der Waals surface area contributed by atoms with Gasteiger partial charge in [0, 0.05) is 6.07 Å². The van der Waals surface area contributed by atoms with Crippen molar-refractivity contribution >= 4 is 27.3 Å². The first-order valence-corrected chi connectivity index (χ1v) is 8.96. The summed E-state index contributed by atoms with van der Waals surface area (Å²) in [6, 6.07) is 6.48. The summed E-state index contributed by atoms with van der Waals surface area (Å²) in [4.78, 5) is 12.3. The zero-order chi connectivity index (χ0) is 18.8. The summed E-state index contributed by atoms with van der Waals surface area (Å²) in [6.07, 6.45) is 0.821. The standard InChI is InChI=1S/C16H15F3N2O3S/c1-10(16(22)20-15-6-4-3-5-13(15)18)21(25(2,23)24)11-7-8-12(17)14(19)9-11/h3-10H,1-2H3,(H,20,22)/t10-/m1/s1. The molecule has 0 heterocycles. The van der Waals surface area contributed by atoms with Crippen molar-refractivity contribution in [3.05, 3.63) is 59.9 Å². The molecule has 5 nitrogen and oxygen atoms in total. The van der Waals surface area contributed by atoms with Gasteiger partial charge in [0.1, 0.15) is 11.9 Å². The number of anilines is 2. The van der Waals surface area contributed by atoms with Gasteiger partial charge in [-0.15, -0.1) is 0 Å². The molecule has 1 atom stereocenters. The highest BCUT2D eigenvalue weighted by Gasteiger charge is 2.30. The van der Waals surface area contributed by atoms with E-state index in [0.717, 1.165) is 24.5 Å². The second kappa shape index (κ2) is 7.14. The Morgan fingerprint density at radius 1 is 1.04 bits per heavy atom. The third-order valence-electron chi connectivity index (χ3n) is 3.38. The summed E-state index contributed by atoms with van der Waals surface area (Å²) in [5, 5.41) is 2.27. The minimum absolute atomic E-state index is 0.127. The van der Waals surface area contributed by atoms with Gasteiger partial charge in [-0.1, -0.05) is 12.1 Å². The summed E-state index contributed by atoms with van der Waals surface area (Å²) in [5.41, 5.74) is -0.351. The zero-order valence-electron chi connectivity index (χ0n) is 13.3. The van der Waals surface area contributed by atoms with Crippen LogP contribution < -0.4 is 9.62 Å². The quantitative estimate of drug-likeness (QED) is 0.878. The topological polar surface area (TPSA) is 66.5 Å². The molecule has 0 aliphatic heterocycles. The Bertz CT molecular complexity index is 903. The van der Waals surface area contributed by atoms with Crippen LogP contribution in [0.5, 0.6) is 0 Å². The van der Waals surface area contributed by atoms with E-state index in [9.17, 15) is 26.4 Å². The van der Waals surface area contributed by atoms with Gasteiger partial charge in [0.25, 0.3) is 0 Å². The summed E-state index contributed by atoms with van der Waals surface area (Å²) in [5.74, 6) is -3.93. The molecule has 1 N–H and O–H groups in total. The van der Waals surface area contributed by atoms with Crippen LogP contribution in [0.2, 0.25) is 0 Å². The SMILES string of the molecule is C[C@H](C(=O)Nc1ccccc1F)N(c1ccc(F)c(F)c1)S(C)(=O)=O. The van der Waals surface area contributed by atoms with Gasteiger partial charge in [0.05, 0.1) is 17.6 Å². The number of para-hydroxylation sites is 1. The van der Waals surface area contributed by atoms with Crippen LogP contribution in [0.15, 0.2) is 42.5 Å². The lowest BCUT2D eigenvalue weighted by atomic mass is 10.2. The molecule has 0 fully saturated rings. The first kappa shape index (κ1) is 18.8. The van der Waals surface area contributed by atoms with Crippen molar-refractivity contribution in [2.24, 2.45) is 0 Å². The largest absolute Gasteiger partial charge is 0.322 e. The molecular weight excluding hydrogens is 357 g/mol. The molecule has 9 heteroatoms. The molecule has 0 saturated carbocycles. The summed E-state index contributed by atoms with van der Waals surface area (Å²) in [7, 11) is -4.00. The number of amides is 1. The van der Waals surface area contributed by atoms with Crippen LogP contribution in [0.1, 0.15) is 6.92 Å². The minimum atomic E-state index is -4.00. The van der Waals surface area contributed by atoms with Crippen molar-refractivity contribution in [2.75, 3.05) is 15.9 Å². The van der Waals surface area contributed by atoms with Crippen molar-refractivity contribution in [1.29, 1.82) is 0 Å². The maximum atomic E-state index is 13.6. The molecule has 0 aliphatic carbocycles. The van der Waals surface area contributed by atoms with Crippen LogP contribution in [0.4, 0.5) is 24.5 Å². The molecule has 25 heavy (non-hydrogen) atoms. The van der Waals surface area contributed by atoms with Gasteiger partial charge in [-0.05, 0) is 31.2 Å². The van der Waals surface area contributed by atoms with Crippen molar-refractivity contribution < 1.29 is 26.4 Å². The van der Waals surface area contributed by atoms with Crippen molar-refractivity contribution in [3.8, 4) is 0 Å². The number of nitrogens with zero attached hydrogens (tertiary/aromatic N) is 1. The summed E-state index contributed by atoms with van der Waals surface area (Å²) >= 11 is 0. The van der Waals surface area contributed by atoms with Gasteiger partial charge in [0.15, 0.2) is 11.6 Å². The zero-order valence-corrected chi connectivity index (χ0v) is 14.1. The maximum Gasteiger partial charge on any atom is 0.248 e. The highest BCUT2D eigenvalue weighted by Crippen LogP contribution is 2.24. The Labute approximate surface area is 143 Å². The number of nitrogens with one attached hydrogen (secondary N) is 1. The Kier molecular flexibility index (Phi) is 5.36. The predicted octanol–water partition coefficient (Wildman–Crippen LogP) is 2.90. The maximum absolute atomic E-state index is 13.6. The number of carbonyl (C=O) groups excluding carboxylic acids is 1. The van der Waals surface area contributed by atoms with E-state index in [1.807, 2.05) is 0 Å². The normalized spacial score (nSPS) is 12.5. The number of carbonyl (C=O) groups is 1. The molecule has 2 aromatic rings. The molecule has 0 aliphatic rings. The van der Waals surface area contributed by atoms with Crippen molar-refractivity contribution in [1.82, 2.24) is 0 Å². The molecule has 0 saturated heterocycles. The fourth-order valence-corrected chi connectivity index (χ4v) is 3.40. The first-order valence-electron chi connectivity index (χ1n) is 7.11. The van der Waals surface area contributed by atoms with Crippen LogP contribution in [-0.2, 0) is 14.8 Å². The lowest BCUT2D eigenvalue weighted by molar-refractivity contribution is -0.116. The van der Waals surface area contributed by atoms with Gasteiger partial charge in [-0.3, -0.25) is 9.10 Å². The Balaban J connectivity index is 2.36. The molecule has 2 aromatic carbocycles. The molecule has 2 rings (SSSR count). The lowest BCUT2D eigenvalue weighted by Gasteiger charge is -2.28. The lowest BCUT2D eigenvalue weighted by Crippen LogP contribution is -2.45. The molecule has 0 unspecified atom stereocenters. The molecule has 0 radical (unpaired) electrons. The van der Waals surface area contributed by atoms with E-state index < -0.39 is 39.4 Å². The fourth-order valence-electron chi connectivity index (χ4n) is 2.23. The van der Waals surface area contributed by atoms with Gasteiger partial charge in [-0.25, -0.2) is 21.6 Å². The summed E-state index contributed by atoms with van der Waals surface area (Å²) in [6.45, 7) is 1.25. The van der Waals surface area contributed by atoms with Gasteiger partial charge < -0.3 is 5.32 Å². The number of benzene rings is 2. The molecule has 0 spiro atoms. The minimum Gasteiger partial charge on any atom is -0.322 e. The Morgan fingerprint density at radius 3 is 2.24 bits per heavy atom. The van der Waals surface area contributed by atoms with Crippen LogP contribution in [-0.4, -0.2) is 26.6 Å². The number of hydrogen-bond acceptors (Lipinski definition) is 3. The van der Waals surface area contributed by atoms with E-state index in [-0.39, 0.29) is 11.4 Å². The highest BCUT2D eigenvalue weighted by molar-refractivity contribution is 7.92. The van der Waals surface area contributed by atoms with E-state index in [4.69, 9.17) is 0 Å². The third-order valence-corrected chi connectivity index (χ3v) is 4.62. The fraction of sp³-hybridized carbons (Fsp3) is 0.188. The smallest absolute Gasteiger partial charge is 0.248 e. The van der Waals surface area contributed by atoms with E-state index in [0.29, 0.717) is 10.4 Å². The van der Waals surface area contributed by atoms with Gasteiger partial charge >= 0.3 is 0 Å². The van der Waals surface area contributed by atoms with Crippen molar-refractivity contribution in [3.63, 3.8) is 0 Å². The monoisotopic (exact) mass is 372 g/mol. The number of halogens is 3. The van der Waals surface area contributed by atoms with Crippen LogP contribution in [0.3, 0.4) is 0 Å². The van der Waals surface area contributed by atoms with Gasteiger partial charge in [0.2, 0.25) is 15.9 Å². The first-order chi connectivity index (χ1) is 11.6. The van der Waals surface area contributed by atoms with E-state index >= 15 is 0 Å². The number of hydrogen-bond donors (Lipinski definition) is 1. The molecular formula is C16H15F3N2O3S. The molecule has 0 bridgehead atoms. The summed E-state index contributed by atoms with van der Waals surface area (Å²) < 4.78 is 64.9. The second-order valence-corrected chi connectivity index (χ2v) is 7.16. The van der Waals surface area contributed by atoms with Crippen LogP contribution >= 0.6 is 0 Å².